The monoisotopic (exact) mass is 225 g/mol. The third kappa shape index (κ3) is 3.38. The van der Waals surface area contributed by atoms with Crippen LogP contribution in [0.3, 0.4) is 0 Å². The molecule has 0 fully saturated rings. The molecular weight excluding hydrogens is 206 g/mol. The summed E-state index contributed by atoms with van der Waals surface area (Å²) >= 11 is 0. The van der Waals surface area contributed by atoms with Gasteiger partial charge in [0.25, 0.3) is 0 Å². The average Bonchev–Trinajstić information content (AvgIpc) is 2.45. The SMILES string of the molecule is C=CCC1(O)C=CN(C(=O)OC(C)(C)C)C1. The van der Waals surface area contributed by atoms with E-state index in [9.17, 15) is 9.90 Å². The zero-order chi connectivity index (χ0) is 12.4. The maximum absolute atomic E-state index is 11.7. The lowest BCUT2D eigenvalue weighted by atomic mass is 10.0. The zero-order valence-electron chi connectivity index (χ0n) is 10.1. The van der Waals surface area contributed by atoms with E-state index in [1.807, 2.05) is 0 Å². The van der Waals surface area contributed by atoms with Crippen LogP contribution in [-0.4, -0.2) is 33.8 Å². The van der Waals surface area contributed by atoms with Crippen molar-refractivity contribution >= 4 is 6.09 Å². The molecule has 90 valence electrons. The van der Waals surface area contributed by atoms with Gasteiger partial charge in [-0.25, -0.2) is 4.79 Å². The Kier molecular flexibility index (Phi) is 3.43. The van der Waals surface area contributed by atoms with Crippen molar-refractivity contribution in [2.75, 3.05) is 6.54 Å². The molecule has 4 nitrogen and oxygen atoms in total. The molecule has 1 N–H and O–H groups in total. The van der Waals surface area contributed by atoms with E-state index in [1.165, 1.54) is 4.90 Å². The van der Waals surface area contributed by atoms with Crippen LogP contribution in [-0.2, 0) is 4.74 Å². The lowest BCUT2D eigenvalue weighted by molar-refractivity contribution is 0.0211. The first kappa shape index (κ1) is 12.8. The number of β-amino-alcohol motifs (C(OH)–C–C–N with tert-alkyl or cyclic N) is 1. The number of rotatable bonds is 2. The fourth-order valence-electron chi connectivity index (χ4n) is 1.46. The van der Waals surface area contributed by atoms with Crippen LogP contribution in [0.25, 0.3) is 0 Å². The van der Waals surface area contributed by atoms with Gasteiger partial charge in [-0.05, 0) is 33.3 Å². The Morgan fingerprint density at radius 3 is 2.81 bits per heavy atom. The maximum Gasteiger partial charge on any atom is 0.414 e. The minimum atomic E-state index is -1.00. The van der Waals surface area contributed by atoms with Gasteiger partial charge in [0.15, 0.2) is 0 Å². The highest BCUT2D eigenvalue weighted by atomic mass is 16.6. The Hall–Kier alpha value is -1.29. The van der Waals surface area contributed by atoms with Crippen molar-refractivity contribution in [3.63, 3.8) is 0 Å². The van der Waals surface area contributed by atoms with Gasteiger partial charge in [0.05, 0.1) is 6.54 Å². The van der Waals surface area contributed by atoms with Gasteiger partial charge in [-0.2, -0.15) is 0 Å². The third-order valence-electron chi connectivity index (χ3n) is 2.13. The van der Waals surface area contributed by atoms with E-state index in [0.717, 1.165) is 0 Å². The Bertz CT molecular complexity index is 317. The lowest BCUT2D eigenvalue weighted by Crippen LogP contribution is -2.39. The normalized spacial score (nSPS) is 24.6. The number of nitrogens with zero attached hydrogens (tertiary/aromatic N) is 1. The Balaban J connectivity index is 2.58. The average molecular weight is 225 g/mol. The molecule has 1 unspecified atom stereocenters. The molecule has 0 aliphatic carbocycles. The minimum Gasteiger partial charge on any atom is -0.443 e. The molecule has 0 aromatic heterocycles. The van der Waals surface area contributed by atoms with Crippen LogP contribution < -0.4 is 0 Å². The summed E-state index contributed by atoms with van der Waals surface area (Å²) in [6.07, 6.45) is 4.76. The molecule has 1 amide bonds. The number of hydrogen-bond acceptors (Lipinski definition) is 3. The molecule has 0 radical (unpaired) electrons. The minimum absolute atomic E-state index is 0.216. The molecule has 1 rings (SSSR count). The molecule has 1 aliphatic heterocycles. The Morgan fingerprint density at radius 1 is 1.69 bits per heavy atom. The number of ether oxygens (including phenoxy) is 1. The summed E-state index contributed by atoms with van der Waals surface area (Å²) in [6, 6.07) is 0. The van der Waals surface area contributed by atoms with Crippen molar-refractivity contribution in [3.8, 4) is 0 Å². The van der Waals surface area contributed by atoms with E-state index in [0.29, 0.717) is 6.42 Å². The summed E-state index contributed by atoms with van der Waals surface area (Å²) in [6.45, 7) is 9.20. The molecule has 0 aromatic carbocycles. The topological polar surface area (TPSA) is 49.8 Å². The van der Waals surface area contributed by atoms with Crippen LogP contribution in [0.1, 0.15) is 27.2 Å². The van der Waals surface area contributed by atoms with Gasteiger partial charge in [0.1, 0.15) is 11.2 Å². The quantitative estimate of drug-likeness (QED) is 0.732. The molecule has 1 atom stereocenters. The zero-order valence-corrected chi connectivity index (χ0v) is 10.1. The van der Waals surface area contributed by atoms with Crippen molar-refractivity contribution in [3.05, 3.63) is 24.9 Å². The molecule has 0 aromatic rings. The molecule has 0 spiro atoms. The van der Waals surface area contributed by atoms with Gasteiger partial charge >= 0.3 is 6.09 Å². The van der Waals surface area contributed by atoms with Gasteiger partial charge < -0.3 is 9.84 Å². The smallest absolute Gasteiger partial charge is 0.414 e. The van der Waals surface area contributed by atoms with Crippen molar-refractivity contribution < 1.29 is 14.6 Å². The highest BCUT2D eigenvalue weighted by Crippen LogP contribution is 2.23. The standard InChI is InChI=1S/C12H19NO3/c1-5-6-12(15)7-8-13(9-12)10(14)16-11(2,3)4/h5,7-8,15H,1,6,9H2,2-4H3. The first-order valence-corrected chi connectivity index (χ1v) is 5.28. The van der Waals surface area contributed by atoms with E-state index in [1.54, 1.807) is 39.1 Å². The Labute approximate surface area is 96.2 Å². The number of amides is 1. The predicted molar refractivity (Wildman–Crippen MR) is 61.8 cm³/mol. The molecule has 0 saturated heterocycles. The van der Waals surface area contributed by atoms with Gasteiger partial charge in [0.2, 0.25) is 0 Å². The predicted octanol–water partition coefficient (Wildman–Crippen LogP) is 2.06. The van der Waals surface area contributed by atoms with E-state index >= 15 is 0 Å². The van der Waals surface area contributed by atoms with Gasteiger partial charge in [-0.15, -0.1) is 6.58 Å². The van der Waals surface area contributed by atoms with Crippen LogP contribution >= 0.6 is 0 Å². The van der Waals surface area contributed by atoms with E-state index in [4.69, 9.17) is 4.74 Å². The summed E-state index contributed by atoms with van der Waals surface area (Å²) in [7, 11) is 0. The van der Waals surface area contributed by atoms with Crippen LogP contribution in [0.15, 0.2) is 24.9 Å². The van der Waals surface area contributed by atoms with Gasteiger partial charge in [-0.1, -0.05) is 6.08 Å². The van der Waals surface area contributed by atoms with Crippen molar-refractivity contribution in [1.82, 2.24) is 4.90 Å². The third-order valence-corrected chi connectivity index (χ3v) is 2.13. The summed E-state index contributed by atoms with van der Waals surface area (Å²) < 4.78 is 5.19. The van der Waals surface area contributed by atoms with Crippen molar-refractivity contribution in [1.29, 1.82) is 0 Å². The molecular formula is C12H19NO3. The molecule has 16 heavy (non-hydrogen) atoms. The van der Waals surface area contributed by atoms with Crippen LogP contribution in [0, 0.1) is 0 Å². The second-order valence-corrected chi connectivity index (χ2v) is 5.02. The second-order valence-electron chi connectivity index (χ2n) is 5.02. The summed E-state index contributed by atoms with van der Waals surface area (Å²) in [4.78, 5) is 13.0. The van der Waals surface area contributed by atoms with E-state index in [2.05, 4.69) is 6.58 Å². The molecule has 0 bridgehead atoms. The lowest BCUT2D eigenvalue weighted by Gasteiger charge is -2.26. The van der Waals surface area contributed by atoms with E-state index < -0.39 is 17.3 Å². The summed E-state index contributed by atoms with van der Waals surface area (Å²) in [5.74, 6) is 0. The first-order valence-electron chi connectivity index (χ1n) is 5.28. The van der Waals surface area contributed by atoms with E-state index in [-0.39, 0.29) is 6.54 Å². The van der Waals surface area contributed by atoms with Crippen LogP contribution in [0.2, 0.25) is 0 Å². The second kappa shape index (κ2) is 4.29. The molecule has 1 heterocycles. The summed E-state index contributed by atoms with van der Waals surface area (Å²) in [5.41, 5.74) is -1.53. The highest BCUT2D eigenvalue weighted by molar-refractivity contribution is 5.70. The van der Waals surface area contributed by atoms with Crippen molar-refractivity contribution in [2.24, 2.45) is 0 Å². The molecule has 1 aliphatic rings. The fraction of sp³-hybridized carbons (Fsp3) is 0.583. The number of carbonyl (C=O) groups excluding carboxylic acids is 1. The van der Waals surface area contributed by atoms with Gasteiger partial charge in [-0.3, -0.25) is 4.90 Å². The van der Waals surface area contributed by atoms with Crippen molar-refractivity contribution in [2.45, 2.75) is 38.4 Å². The molecule has 0 saturated carbocycles. The largest absolute Gasteiger partial charge is 0.443 e. The fourth-order valence-corrected chi connectivity index (χ4v) is 1.46. The van der Waals surface area contributed by atoms with Gasteiger partial charge in [0, 0.05) is 6.20 Å². The van der Waals surface area contributed by atoms with Crippen LogP contribution in [0.5, 0.6) is 0 Å². The first-order chi connectivity index (χ1) is 7.26. The Morgan fingerprint density at radius 2 is 2.31 bits per heavy atom. The van der Waals surface area contributed by atoms with Crippen LogP contribution in [0.4, 0.5) is 4.79 Å². The molecule has 4 heteroatoms. The number of hydrogen-bond donors (Lipinski definition) is 1. The number of aliphatic hydroxyl groups is 1. The maximum atomic E-state index is 11.7. The summed E-state index contributed by atoms with van der Waals surface area (Å²) in [5, 5.41) is 10.0. The highest BCUT2D eigenvalue weighted by Gasteiger charge is 2.34. The number of carbonyl (C=O) groups is 1.